The van der Waals surface area contributed by atoms with Gasteiger partial charge in [0, 0.05) is 24.6 Å². The molecule has 0 atom stereocenters. The Morgan fingerprint density at radius 1 is 1.21 bits per heavy atom. The minimum absolute atomic E-state index is 0.0243. The maximum Gasteiger partial charge on any atom is 0.371 e. The molecule has 3 rings (SSSR count). The minimum atomic E-state index is -1.33. The number of fused-ring (bicyclic) bond motifs is 1. The number of hydrogen-bond donors (Lipinski definition) is 0. The molecule has 0 radical (unpaired) electrons. The standard InChI is InChI=1S/C18H13ClFNO8/c1-2-3-13(24)27-16-10(19)7-8-6-9(17(25)28-15(8)14(16)20)18(26)29-21-11(22)4-5-12(21)23/h6-7H,2-5H2,1H3. The monoisotopic (exact) mass is 425 g/mol. The van der Waals surface area contributed by atoms with E-state index in [0.29, 0.717) is 6.42 Å². The summed E-state index contributed by atoms with van der Waals surface area (Å²) >= 11 is 5.95. The Morgan fingerprint density at radius 3 is 2.48 bits per heavy atom. The zero-order valence-corrected chi connectivity index (χ0v) is 15.7. The summed E-state index contributed by atoms with van der Waals surface area (Å²) in [5, 5.41) is -0.138. The fraction of sp³-hybridized carbons (Fsp3) is 0.278. The van der Waals surface area contributed by atoms with Crippen molar-refractivity contribution in [1.29, 1.82) is 0 Å². The van der Waals surface area contributed by atoms with Crippen molar-refractivity contribution in [2.24, 2.45) is 0 Å². The number of carbonyl (C=O) groups is 4. The molecular formula is C18H13ClFNO8. The summed E-state index contributed by atoms with van der Waals surface area (Å²) < 4.78 is 24.4. The Hall–Kier alpha value is -3.27. The second-order valence-electron chi connectivity index (χ2n) is 6.05. The largest absolute Gasteiger partial charge is 0.422 e. The first-order chi connectivity index (χ1) is 13.7. The molecule has 1 aromatic carbocycles. The van der Waals surface area contributed by atoms with E-state index in [1.807, 2.05) is 0 Å². The molecule has 1 aromatic heterocycles. The number of hydrogen-bond acceptors (Lipinski definition) is 8. The highest BCUT2D eigenvalue weighted by atomic mass is 35.5. The average Bonchev–Trinajstić information content (AvgIpc) is 2.97. The van der Waals surface area contributed by atoms with Gasteiger partial charge in [0.05, 0.1) is 5.02 Å². The highest BCUT2D eigenvalue weighted by molar-refractivity contribution is 6.33. The molecule has 1 aliphatic rings. The molecule has 2 aromatic rings. The molecule has 0 aliphatic carbocycles. The predicted octanol–water partition coefficient (Wildman–Crippen LogP) is 2.51. The molecule has 0 saturated carbocycles. The molecule has 152 valence electrons. The minimum Gasteiger partial charge on any atom is -0.422 e. The summed E-state index contributed by atoms with van der Waals surface area (Å²) in [4.78, 5) is 63.6. The summed E-state index contributed by atoms with van der Waals surface area (Å²) in [6, 6.07) is 2.06. The first-order valence-electron chi connectivity index (χ1n) is 8.47. The lowest BCUT2D eigenvalue weighted by Crippen LogP contribution is -2.33. The van der Waals surface area contributed by atoms with Gasteiger partial charge in [0.2, 0.25) is 5.82 Å². The van der Waals surface area contributed by atoms with Crippen LogP contribution >= 0.6 is 11.6 Å². The number of halogens is 2. The van der Waals surface area contributed by atoms with Crippen LogP contribution in [0.15, 0.2) is 21.3 Å². The van der Waals surface area contributed by atoms with Crippen LogP contribution < -0.4 is 10.4 Å². The summed E-state index contributed by atoms with van der Waals surface area (Å²) in [6.07, 6.45) is 0.238. The van der Waals surface area contributed by atoms with E-state index in [4.69, 9.17) is 20.8 Å². The van der Waals surface area contributed by atoms with E-state index < -0.39 is 52.1 Å². The Kier molecular flexibility index (Phi) is 5.64. The number of esters is 1. The Balaban J connectivity index is 1.98. The van der Waals surface area contributed by atoms with Crippen molar-refractivity contribution in [3.8, 4) is 5.75 Å². The fourth-order valence-corrected chi connectivity index (χ4v) is 2.81. The molecule has 2 amide bonds. The molecule has 11 heteroatoms. The molecule has 0 spiro atoms. The molecule has 1 fully saturated rings. The predicted molar refractivity (Wildman–Crippen MR) is 94.5 cm³/mol. The van der Waals surface area contributed by atoms with Gasteiger partial charge < -0.3 is 14.0 Å². The van der Waals surface area contributed by atoms with Gasteiger partial charge in [-0.15, -0.1) is 5.06 Å². The van der Waals surface area contributed by atoms with E-state index in [0.717, 1.165) is 12.1 Å². The van der Waals surface area contributed by atoms with Gasteiger partial charge >= 0.3 is 17.6 Å². The smallest absolute Gasteiger partial charge is 0.371 e. The SMILES string of the molecule is CCCC(=O)Oc1c(Cl)cc2cc(C(=O)ON3C(=O)CCC3=O)c(=O)oc2c1F. The normalized spacial score (nSPS) is 13.8. The number of nitrogens with zero attached hydrogens (tertiary/aromatic N) is 1. The van der Waals surface area contributed by atoms with E-state index in [1.165, 1.54) is 0 Å². The fourth-order valence-electron chi connectivity index (χ4n) is 2.57. The van der Waals surface area contributed by atoms with Crippen LogP contribution in [-0.4, -0.2) is 28.8 Å². The van der Waals surface area contributed by atoms with Crippen LogP contribution in [0.4, 0.5) is 4.39 Å². The topological polar surface area (TPSA) is 120 Å². The first kappa shape index (κ1) is 20.5. The summed E-state index contributed by atoms with van der Waals surface area (Å²) in [5.41, 5.74) is -2.56. The third-order valence-corrected chi connectivity index (χ3v) is 4.23. The molecule has 0 N–H and O–H groups in total. The van der Waals surface area contributed by atoms with Crippen LogP contribution in [0, 0.1) is 5.82 Å². The lowest BCUT2D eigenvalue weighted by atomic mass is 10.1. The zero-order chi connectivity index (χ0) is 21.3. The van der Waals surface area contributed by atoms with Gasteiger partial charge in [-0.1, -0.05) is 18.5 Å². The van der Waals surface area contributed by atoms with E-state index in [9.17, 15) is 28.4 Å². The highest BCUT2D eigenvalue weighted by Gasteiger charge is 2.34. The summed E-state index contributed by atoms with van der Waals surface area (Å²) in [6.45, 7) is 1.72. The van der Waals surface area contributed by atoms with Crippen molar-refractivity contribution in [1.82, 2.24) is 5.06 Å². The molecule has 1 aliphatic heterocycles. The summed E-state index contributed by atoms with van der Waals surface area (Å²) in [5.74, 6) is -5.33. The highest BCUT2D eigenvalue weighted by Crippen LogP contribution is 2.34. The summed E-state index contributed by atoms with van der Waals surface area (Å²) in [7, 11) is 0. The Morgan fingerprint density at radius 2 is 1.86 bits per heavy atom. The van der Waals surface area contributed by atoms with Gasteiger partial charge in [0.25, 0.3) is 11.8 Å². The van der Waals surface area contributed by atoms with E-state index in [1.54, 1.807) is 6.92 Å². The van der Waals surface area contributed by atoms with Gasteiger partial charge in [-0.2, -0.15) is 4.39 Å². The van der Waals surface area contributed by atoms with Crippen LogP contribution in [0.25, 0.3) is 11.0 Å². The Labute approximate surface area is 166 Å². The number of amides is 2. The molecule has 1 saturated heterocycles. The van der Waals surface area contributed by atoms with Crippen molar-refractivity contribution in [3.05, 3.63) is 39.0 Å². The lowest BCUT2D eigenvalue weighted by Gasteiger charge is -2.12. The second kappa shape index (κ2) is 8.00. The first-order valence-corrected chi connectivity index (χ1v) is 8.85. The van der Waals surface area contributed by atoms with Crippen LogP contribution in [0.5, 0.6) is 5.75 Å². The van der Waals surface area contributed by atoms with Crippen LogP contribution in [-0.2, 0) is 19.2 Å². The molecule has 9 nitrogen and oxygen atoms in total. The maximum atomic E-state index is 14.7. The van der Waals surface area contributed by atoms with Crippen LogP contribution in [0.2, 0.25) is 5.02 Å². The Bertz CT molecular complexity index is 1090. The number of imide groups is 1. The maximum absolute atomic E-state index is 14.7. The van der Waals surface area contributed by atoms with Crippen LogP contribution in [0.3, 0.4) is 0 Å². The quantitative estimate of drug-likeness (QED) is 0.310. The van der Waals surface area contributed by atoms with E-state index in [2.05, 4.69) is 4.84 Å². The third kappa shape index (κ3) is 3.97. The van der Waals surface area contributed by atoms with Crippen molar-refractivity contribution in [3.63, 3.8) is 0 Å². The van der Waals surface area contributed by atoms with Gasteiger partial charge in [-0.3, -0.25) is 14.4 Å². The van der Waals surface area contributed by atoms with Crippen molar-refractivity contribution in [2.75, 3.05) is 0 Å². The average molecular weight is 426 g/mol. The number of ether oxygens (including phenoxy) is 1. The number of carbonyl (C=O) groups excluding carboxylic acids is 4. The lowest BCUT2D eigenvalue weighted by molar-refractivity contribution is -0.172. The molecule has 29 heavy (non-hydrogen) atoms. The van der Waals surface area contributed by atoms with Gasteiger partial charge in [-0.25, -0.2) is 9.59 Å². The van der Waals surface area contributed by atoms with Gasteiger partial charge in [0.15, 0.2) is 11.3 Å². The molecule has 0 unspecified atom stereocenters. The zero-order valence-electron chi connectivity index (χ0n) is 15.0. The second-order valence-corrected chi connectivity index (χ2v) is 6.46. The number of rotatable bonds is 5. The van der Waals surface area contributed by atoms with E-state index >= 15 is 0 Å². The third-order valence-electron chi connectivity index (χ3n) is 3.94. The van der Waals surface area contributed by atoms with E-state index in [-0.39, 0.29) is 34.7 Å². The molecular weight excluding hydrogens is 413 g/mol. The van der Waals surface area contributed by atoms with Crippen molar-refractivity contribution >= 4 is 46.3 Å². The number of hydroxylamine groups is 2. The van der Waals surface area contributed by atoms with Crippen LogP contribution in [0.1, 0.15) is 43.0 Å². The van der Waals surface area contributed by atoms with Gasteiger partial charge in [-0.05, 0) is 18.6 Å². The molecule has 0 bridgehead atoms. The molecule has 2 heterocycles. The van der Waals surface area contributed by atoms with Crippen molar-refractivity contribution < 1.29 is 37.6 Å². The number of benzene rings is 1. The van der Waals surface area contributed by atoms with Gasteiger partial charge in [0.1, 0.15) is 5.56 Å². The van der Waals surface area contributed by atoms with Crippen molar-refractivity contribution in [2.45, 2.75) is 32.6 Å².